The molecule has 4 heteroatoms. The van der Waals surface area contributed by atoms with Crippen LogP contribution in [0.3, 0.4) is 0 Å². The first-order valence-corrected chi connectivity index (χ1v) is 9.10. The molecular formula is C19H27N3O. The van der Waals surface area contributed by atoms with Crippen LogP contribution in [0.25, 0.3) is 0 Å². The monoisotopic (exact) mass is 313 g/mol. The van der Waals surface area contributed by atoms with Gasteiger partial charge in [0.15, 0.2) is 0 Å². The van der Waals surface area contributed by atoms with Crippen molar-refractivity contribution in [1.29, 1.82) is 0 Å². The molecule has 0 aromatic heterocycles. The van der Waals surface area contributed by atoms with Crippen LogP contribution in [0.15, 0.2) is 30.3 Å². The third kappa shape index (κ3) is 3.29. The maximum atomic E-state index is 12.4. The molecule has 3 atom stereocenters. The summed E-state index contributed by atoms with van der Waals surface area (Å²) >= 11 is 0. The second-order valence-corrected chi connectivity index (χ2v) is 7.41. The van der Waals surface area contributed by atoms with Gasteiger partial charge in [-0.3, -0.25) is 9.69 Å². The fraction of sp³-hybridized carbons (Fsp3) is 0.632. The summed E-state index contributed by atoms with van der Waals surface area (Å²) in [4.78, 5) is 15.0. The molecule has 3 saturated heterocycles. The van der Waals surface area contributed by atoms with Crippen molar-refractivity contribution in [2.75, 3.05) is 13.1 Å². The highest BCUT2D eigenvalue weighted by molar-refractivity contribution is 5.79. The Morgan fingerprint density at radius 1 is 1.13 bits per heavy atom. The predicted octanol–water partition coefficient (Wildman–Crippen LogP) is 1.91. The Hall–Kier alpha value is -1.39. The molecule has 3 unspecified atom stereocenters. The van der Waals surface area contributed by atoms with E-state index >= 15 is 0 Å². The number of nitrogens with zero attached hydrogens (tertiary/aromatic N) is 1. The topological polar surface area (TPSA) is 44.4 Å². The Kier molecular flexibility index (Phi) is 4.36. The predicted molar refractivity (Wildman–Crippen MR) is 90.9 cm³/mol. The van der Waals surface area contributed by atoms with Gasteiger partial charge in [-0.15, -0.1) is 0 Å². The van der Waals surface area contributed by atoms with Gasteiger partial charge in [-0.2, -0.15) is 0 Å². The summed E-state index contributed by atoms with van der Waals surface area (Å²) in [5.74, 6) is 0.464. The number of benzene rings is 1. The highest BCUT2D eigenvalue weighted by Gasteiger charge is 2.41. The lowest BCUT2D eigenvalue weighted by Crippen LogP contribution is -2.51. The fourth-order valence-electron chi connectivity index (χ4n) is 4.64. The molecule has 3 aliphatic heterocycles. The molecule has 4 nitrogen and oxygen atoms in total. The normalized spacial score (nSPS) is 33.7. The minimum atomic E-state index is 0.190. The molecule has 4 rings (SSSR count). The number of nitrogens with one attached hydrogen (secondary N) is 2. The Labute approximate surface area is 138 Å². The quantitative estimate of drug-likeness (QED) is 0.892. The average Bonchev–Trinajstić information content (AvgIpc) is 3.17. The van der Waals surface area contributed by atoms with E-state index in [1.165, 1.54) is 18.4 Å². The van der Waals surface area contributed by atoms with Gasteiger partial charge >= 0.3 is 0 Å². The number of fused-ring (bicyclic) bond motifs is 2. The molecule has 0 spiro atoms. The molecule has 1 aromatic carbocycles. The van der Waals surface area contributed by atoms with E-state index in [9.17, 15) is 4.79 Å². The van der Waals surface area contributed by atoms with Crippen LogP contribution >= 0.6 is 0 Å². The number of hydrogen-bond acceptors (Lipinski definition) is 3. The van der Waals surface area contributed by atoms with Gasteiger partial charge in [-0.05, 0) is 44.2 Å². The lowest BCUT2D eigenvalue weighted by molar-refractivity contribution is -0.125. The third-order valence-electron chi connectivity index (χ3n) is 5.87. The van der Waals surface area contributed by atoms with Crippen LogP contribution in [0.1, 0.15) is 37.7 Å². The molecule has 1 amide bonds. The van der Waals surface area contributed by atoms with Gasteiger partial charge in [0, 0.05) is 31.2 Å². The Bertz CT molecular complexity index is 527. The van der Waals surface area contributed by atoms with Crippen molar-refractivity contribution < 1.29 is 4.79 Å². The average molecular weight is 313 g/mol. The molecule has 0 aliphatic carbocycles. The first-order chi connectivity index (χ1) is 11.3. The highest BCUT2D eigenvalue weighted by atomic mass is 16.2. The Morgan fingerprint density at radius 2 is 1.87 bits per heavy atom. The number of rotatable bonds is 4. The molecule has 2 bridgehead atoms. The van der Waals surface area contributed by atoms with Gasteiger partial charge in [-0.25, -0.2) is 0 Å². The third-order valence-corrected chi connectivity index (χ3v) is 5.87. The van der Waals surface area contributed by atoms with Crippen molar-refractivity contribution in [3.63, 3.8) is 0 Å². The number of piperidine rings is 1. The number of carbonyl (C=O) groups is 1. The van der Waals surface area contributed by atoms with Crippen LogP contribution in [-0.4, -0.2) is 42.0 Å². The van der Waals surface area contributed by atoms with Crippen LogP contribution in [0, 0.1) is 5.92 Å². The van der Waals surface area contributed by atoms with E-state index in [1.54, 1.807) is 0 Å². The van der Waals surface area contributed by atoms with E-state index < -0.39 is 0 Å². The highest BCUT2D eigenvalue weighted by Crippen LogP contribution is 2.37. The van der Waals surface area contributed by atoms with E-state index in [2.05, 4.69) is 45.9 Å². The summed E-state index contributed by atoms with van der Waals surface area (Å²) in [6, 6.07) is 12.4. The summed E-state index contributed by atoms with van der Waals surface area (Å²) in [5, 5.41) is 6.63. The van der Waals surface area contributed by atoms with Crippen LogP contribution in [0.5, 0.6) is 0 Å². The zero-order chi connectivity index (χ0) is 15.6. The summed E-state index contributed by atoms with van der Waals surface area (Å²) in [7, 11) is 0. The standard InChI is InChI=1S/C19H27N3O/c23-19(15-8-9-20-12-15)21-16-10-17-6-7-18(11-16)22(17)13-14-4-2-1-3-5-14/h1-5,15-18,20H,6-13H2,(H,21,23). The van der Waals surface area contributed by atoms with Gasteiger partial charge in [0.2, 0.25) is 5.91 Å². The van der Waals surface area contributed by atoms with Crippen LogP contribution < -0.4 is 10.6 Å². The van der Waals surface area contributed by atoms with E-state index in [4.69, 9.17) is 0 Å². The maximum Gasteiger partial charge on any atom is 0.224 e. The molecule has 3 aliphatic rings. The Balaban J connectivity index is 1.35. The first-order valence-electron chi connectivity index (χ1n) is 9.10. The maximum absolute atomic E-state index is 12.4. The summed E-state index contributed by atoms with van der Waals surface area (Å²) in [5.41, 5.74) is 1.41. The molecule has 0 saturated carbocycles. The number of carbonyl (C=O) groups excluding carboxylic acids is 1. The zero-order valence-electron chi connectivity index (χ0n) is 13.7. The van der Waals surface area contributed by atoms with Crippen molar-refractivity contribution in [3.05, 3.63) is 35.9 Å². The van der Waals surface area contributed by atoms with E-state index in [0.29, 0.717) is 18.1 Å². The van der Waals surface area contributed by atoms with Crippen LogP contribution in [0.2, 0.25) is 0 Å². The van der Waals surface area contributed by atoms with Crippen LogP contribution in [-0.2, 0) is 11.3 Å². The molecule has 1 aromatic rings. The van der Waals surface area contributed by atoms with Gasteiger partial charge in [0.05, 0.1) is 5.92 Å². The van der Waals surface area contributed by atoms with E-state index in [0.717, 1.165) is 38.9 Å². The zero-order valence-corrected chi connectivity index (χ0v) is 13.7. The lowest BCUT2D eigenvalue weighted by atomic mass is 9.95. The molecule has 124 valence electrons. The van der Waals surface area contributed by atoms with E-state index in [1.807, 2.05) is 0 Å². The van der Waals surface area contributed by atoms with Crippen LogP contribution in [0.4, 0.5) is 0 Å². The van der Waals surface area contributed by atoms with Crippen molar-refractivity contribution in [2.45, 2.75) is 56.8 Å². The van der Waals surface area contributed by atoms with Crippen molar-refractivity contribution in [2.24, 2.45) is 5.92 Å². The number of amides is 1. The first kappa shape index (κ1) is 15.2. The summed E-state index contributed by atoms with van der Waals surface area (Å²) in [6.07, 6.45) is 5.81. The van der Waals surface area contributed by atoms with E-state index in [-0.39, 0.29) is 11.8 Å². The molecular weight excluding hydrogens is 286 g/mol. The smallest absolute Gasteiger partial charge is 0.224 e. The van der Waals surface area contributed by atoms with Gasteiger partial charge < -0.3 is 10.6 Å². The van der Waals surface area contributed by atoms with Crippen molar-refractivity contribution in [3.8, 4) is 0 Å². The van der Waals surface area contributed by atoms with Gasteiger partial charge in [-0.1, -0.05) is 30.3 Å². The van der Waals surface area contributed by atoms with Crippen molar-refractivity contribution in [1.82, 2.24) is 15.5 Å². The molecule has 0 radical (unpaired) electrons. The largest absolute Gasteiger partial charge is 0.353 e. The summed E-state index contributed by atoms with van der Waals surface area (Å²) in [6.45, 7) is 2.90. The Morgan fingerprint density at radius 3 is 2.52 bits per heavy atom. The minimum Gasteiger partial charge on any atom is -0.353 e. The SMILES string of the molecule is O=C(NC1CC2CCC(C1)N2Cc1ccccc1)C1CCNC1. The second kappa shape index (κ2) is 6.62. The number of hydrogen-bond donors (Lipinski definition) is 2. The van der Waals surface area contributed by atoms with Gasteiger partial charge in [0.1, 0.15) is 0 Å². The minimum absolute atomic E-state index is 0.190. The molecule has 3 heterocycles. The summed E-state index contributed by atoms with van der Waals surface area (Å²) < 4.78 is 0. The lowest BCUT2D eigenvalue weighted by Gasteiger charge is -2.39. The fourth-order valence-corrected chi connectivity index (χ4v) is 4.64. The van der Waals surface area contributed by atoms with Gasteiger partial charge in [0.25, 0.3) is 0 Å². The molecule has 2 N–H and O–H groups in total. The van der Waals surface area contributed by atoms with Crippen molar-refractivity contribution >= 4 is 5.91 Å². The molecule has 23 heavy (non-hydrogen) atoms. The second-order valence-electron chi connectivity index (χ2n) is 7.41. The molecule has 3 fully saturated rings.